The van der Waals surface area contributed by atoms with Crippen LogP contribution in [0.25, 0.3) is 0 Å². The van der Waals surface area contributed by atoms with Gasteiger partial charge in [0.05, 0.1) is 5.76 Å². The highest BCUT2D eigenvalue weighted by molar-refractivity contribution is 4.77. The Labute approximate surface area is 115 Å². The minimum Gasteiger partial charge on any atom is -0.513 e. The van der Waals surface area contributed by atoms with Crippen molar-refractivity contribution in [2.24, 2.45) is 0 Å². The van der Waals surface area contributed by atoms with Gasteiger partial charge in [-0.05, 0) is 6.42 Å². The van der Waals surface area contributed by atoms with E-state index in [-0.39, 0.29) is 0 Å². The largest absolute Gasteiger partial charge is 0.513 e. The van der Waals surface area contributed by atoms with Crippen molar-refractivity contribution in [3.63, 3.8) is 0 Å². The molecule has 1 nitrogen and oxygen atoms in total. The molecule has 0 bridgehead atoms. The van der Waals surface area contributed by atoms with Crippen LogP contribution in [0.5, 0.6) is 0 Å². The molecule has 0 rings (SSSR count). The third kappa shape index (κ3) is 15.5. The molecule has 0 atom stereocenters. The van der Waals surface area contributed by atoms with Crippen molar-refractivity contribution in [3.8, 4) is 0 Å². The van der Waals surface area contributed by atoms with Crippen molar-refractivity contribution in [1.82, 2.24) is 0 Å². The van der Waals surface area contributed by atoms with Crippen LogP contribution in [-0.2, 0) is 0 Å². The van der Waals surface area contributed by atoms with Crippen LogP contribution >= 0.6 is 0 Å². The Hall–Kier alpha value is -0.460. The molecule has 0 aromatic heterocycles. The molecule has 108 valence electrons. The van der Waals surface area contributed by atoms with Crippen LogP contribution in [0.3, 0.4) is 0 Å². The number of aliphatic hydroxyl groups excluding tert-OH is 1. The number of hydrogen-bond donors (Lipinski definition) is 1. The van der Waals surface area contributed by atoms with Gasteiger partial charge in [0.25, 0.3) is 0 Å². The summed E-state index contributed by atoms with van der Waals surface area (Å²) in [5, 5.41) is 8.94. The van der Waals surface area contributed by atoms with E-state index in [0.29, 0.717) is 5.76 Å². The Bertz CT molecular complexity index is 174. The predicted molar refractivity (Wildman–Crippen MR) is 82.1 cm³/mol. The average molecular weight is 254 g/mol. The van der Waals surface area contributed by atoms with Crippen LogP contribution in [0, 0.1) is 0 Å². The van der Waals surface area contributed by atoms with Crippen molar-refractivity contribution in [2.45, 2.75) is 96.8 Å². The summed E-state index contributed by atoms with van der Waals surface area (Å²) in [5.74, 6) is 0.345. The van der Waals surface area contributed by atoms with Gasteiger partial charge in [-0.25, -0.2) is 0 Å². The Morgan fingerprint density at radius 2 is 1.00 bits per heavy atom. The highest BCUT2D eigenvalue weighted by Gasteiger charge is 1.94. The van der Waals surface area contributed by atoms with Gasteiger partial charge in [0, 0.05) is 6.42 Å². The number of rotatable bonds is 14. The van der Waals surface area contributed by atoms with Gasteiger partial charge in [0.2, 0.25) is 0 Å². The van der Waals surface area contributed by atoms with Gasteiger partial charge in [-0.1, -0.05) is 90.6 Å². The molecule has 0 fully saturated rings. The van der Waals surface area contributed by atoms with Crippen LogP contribution in [0.4, 0.5) is 0 Å². The van der Waals surface area contributed by atoms with Gasteiger partial charge >= 0.3 is 0 Å². The molecule has 0 saturated carbocycles. The maximum Gasteiger partial charge on any atom is 0.0851 e. The first kappa shape index (κ1) is 17.5. The zero-order chi connectivity index (χ0) is 13.5. The molecule has 0 aliphatic rings. The summed E-state index contributed by atoms with van der Waals surface area (Å²) in [5.41, 5.74) is 0. The minimum atomic E-state index is 0.345. The fourth-order valence-electron chi connectivity index (χ4n) is 2.35. The summed E-state index contributed by atoms with van der Waals surface area (Å²) in [7, 11) is 0. The monoisotopic (exact) mass is 254 g/mol. The molecule has 0 unspecified atom stereocenters. The van der Waals surface area contributed by atoms with Gasteiger partial charge in [0.15, 0.2) is 0 Å². The van der Waals surface area contributed by atoms with Gasteiger partial charge in [-0.2, -0.15) is 0 Å². The van der Waals surface area contributed by atoms with Gasteiger partial charge in [-0.15, -0.1) is 0 Å². The van der Waals surface area contributed by atoms with E-state index in [2.05, 4.69) is 13.5 Å². The lowest BCUT2D eigenvalue weighted by Gasteiger charge is -2.02. The maximum absolute atomic E-state index is 8.94. The molecule has 0 radical (unpaired) electrons. The van der Waals surface area contributed by atoms with Gasteiger partial charge < -0.3 is 5.11 Å². The summed E-state index contributed by atoms with van der Waals surface area (Å²) in [6.45, 7) is 5.78. The van der Waals surface area contributed by atoms with Crippen molar-refractivity contribution in [3.05, 3.63) is 12.3 Å². The second-order valence-electron chi connectivity index (χ2n) is 5.56. The van der Waals surface area contributed by atoms with E-state index in [4.69, 9.17) is 5.11 Å². The maximum atomic E-state index is 8.94. The standard InChI is InChI=1S/C17H34O/c1-3-4-5-6-7-8-9-10-11-12-13-14-15-16-17(2)18/h18H,2-16H2,1H3. The molecule has 1 N–H and O–H groups in total. The SMILES string of the molecule is C=C(O)CCCCCCCCCCCCCCC. The number of hydrogen-bond acceptors (Lipinski definition) is 1. The summed E-state index contributed by atoms with van der Waals surface area (Å²) in [6.07, 6.45) is 18.6. The Morgan fingerprint density at radius 1 is 0.667 bits per heavy atom. The predicted octanol–water partition coefficient (Wildman–Crippen LogP) is 6.54. The number of unbranched alkanes of at least 4 members (excludes halogenated alkanes) is 12. The molecule has 0 aromatic carbocycles. The van der Waals surface area contributed by atoms with Crippen LogP contribution in [-0.4, -0.2) is 5.11 Å². The number of aliphatic hydroxyl groups is 1. The molecule has 0 aromatic rings. The highest BCUT2D eigenvalue weighted by atomic mass is 16.3. The summed E-state index contributed by atoms with van der Waals surface area (Å²) < 4.78 is 0. The first-order chi connectivity index (χ1) is 8.77. The topological polar surface area (TPSA) is 20.2 Å². The molecule has 18 heavy (non-hydrogen) atoms. The summed E-state index contributed by atoms with van der Waals surface area (Å²) >= 11 is 0. The molecule has 0 saturated heterocycles. The highest BCUT2D eigenvalue weighted by Crippen LogP contribution is 2.13. The zero-order valence-electron chi connectivity index (χ0n) is 12.6. The third-order valence-corrected chi connectivity index (χ3v) is 3.57. The quantitative estimate of drug-likeness (QED) is 0.275. The molecule has 0 aliphatic heterocycles. The van der Waals surface area contributed by atoms with E-state index < -0.39 is 0 Å². The fourth-order valence-corrected chi connectivity index (χ4v) is 2.35. The van der Waals surface area contributed by atoms with Crippen molar-refractivity contribution in [1.29, 1.82) is 0 Å². The Balaban J connectivity index is 2.92. The zero-order valence-corrected chi connectivity index (χ0v) is 12.6. The molecular formula is C17H34O. The van der Waals surface area contributed by atoms with Crippen molar-refractivity contribution < 1.29 is 5.11 Å². The molecule has 1 heteroatoms. The molecule has 0 heterocycles. The molecule has 0 aliphatic carbocycles. The van der Waals surface area contributed by atoms with Crippen LogP contribution in [0.15, 0.2) is 12.3 Å². The van der Waals surface area contributed by atoms with Crippen molar-refractivity contribution in [2.75, 3.05) is 0 Å². The summed E-state index contributed by atoms with van der Waals surface area (Å²) in [6, 6.07) is 0. The molecule has 0 spiro atoms. The van der Waals surface area contributed by atoms with E-state index in [1.54, 1.807) is 0 Å². The van der Waals surface area contributed by atoms with Gasteiger partial charge in [-0.3, -0.25) is 0 Å². The second-order valence-corrected chi connectivity index (χ2v) is 5.56. The van der Waals surface area contributed by atoms with E-state index >= 15 is 0 Å². The third-order valence-electron chi connectivity index (χ3n) is 3.57. The minimum absolute atomic E-state index is 0.345. The summed E-state index contributed by atoms with van der Waals surface area (Å²) in [4.78, 5) is 0. The van der Waals surface area contributed by atoms with E-state index in [0.717, 1.165) is 12.8 Å². The number of allylic oxidation sites excluding steroid dienone is 1. The first-order valence-corrected chi connectivity index (χ1v) is 8.14. The molecular weight excluding hydrogens is 220 g/mol. The van der Waals surface area contributed by atoms with E-state index in [9.17, 15) is 0 Å². The Kier molecular flexibility index (Phi) is 14.2. The Morgan fingerprint density at radius 3 is 1.33 bits per heavy atom. The van der Waals surface area contributed by atoms with Crippen LogP contribution in [0.1, 0.15) is 96.8 Å². The lowest BCUT2D eigenvalue weighted by Crippen LogP contribution is -1.84. The van der Waals surface area contributed by atoms with E-state index in [1.807, 2.05) is 0 Å². The fraction of sp³-hybridized carbons (Fsp3) is 0.882. The smallest absolute Gasteiger partial charge is 0.0851 e. The average Bonchev–Trinajstić information content (AvgIpc) is 2.34. The molecule has 0 amide bonds. The normalized spacial score (nSPS) is 10.7. The second kappa shape index (κ2) is 14.6. The lowest BCUT2D eigenvalue weighted by molar-refractivity contribution is 0.383. The van der Waals surface area contributed by atoms with Gasteiger partial charge in [0.1, 0.15) is 0 Å². The van der Waals surface area contributed by atoms with Crippen LogP contribution < -0.4 is 0 Å². The lowest BCUT2D eigenvalue weighted by atomic mass is 10.0. The van der Waals surface area contributed by atoms with E-state index in [1.165, 1.54) is 77.0 Å². The van der Waals surface area contributed by atoms with Crippen molar-refractivity contribution >= 4 is 0 Å². The van der Waals surface area contributed by atoms with Crippen LogP contribution in [0.2, 0.25) is 0 Å². The first-order valence-electron chi connectivity index (χ1n) is 8.14.